The van der Waals surface area contributed by atoms with E-state index < -0.39 is 28.4 Å². The van der Waals surface area contributed by atoms with Crippen molar-refractivity contribution in [3.8, 4) is 0 Å². The van der Waals surface area contributed by atoms with Crippen molar-refractivity contribution < 1.29 is 19.6 Å². The monoisotopic (exact) mass is 428 g/mol. The van der Waals surface area contributed by atoms with Crippen LogP contribution in [0.15, 0.2) is 53.1 Å². The van der Waals surface area contributed by atoms with E-state index in [0.29, 0.717) is 15.4 Å². The molecule has 0 radical (unpaired) electrons. The van der Waals surface area contributed by atoms with Crippen molar-refractivity contribution in [2.45, 2.75) is 13.0 Å². The van der Waals surface area contributed by atoms with Crippen LogP contribution in [0.3, 0.4) is 0 Å². The second-order valence-corrected chi connectivity index (χ2v) is 8.21. The van der Waals surface area contributed by atoms with Crippen LogP contribution in [0.4, 0.5) is 10.8 Å². The number of thiophene rings is 1. The molecule has 0 saturated heterocycles. The van der Waals surface area contributed by atoms with E-state index in [2.05, 4.69) is 10.2 Å². The minimum Gasteiger partial charge on any atom is -0.503 e. The van der Waals surface area contributed by atoms with Crippen LogP contribution in [-0.2, 0) is 4.79 Å². The highest BCUT2D eigenvalue weighted by Crippen LogP contribution is 2.43. The van der Waals surface area contributed by atoms with Crippen LogP contribution < -0.4 is 4.90 Å². The molecule has 11 heteroatoms. The van der Waals surface area contributed by atoms with Crippen LogP contribution in [0.5, 0.6) is 0 Å². The number of nitro benzene ring substituents is 1. The Morgan fingerprint density at radius 1 is 1.28 bits per heavy atom. The van der Waals surface area contributed by atoms with E-state index in [1.165, 1.54) is 29.5 Å². The van der Waals surface area contributed by atoms with Gasteiger partial charge in [-0.3, -0.25) is 24.6 Å². The zero-order valence-corrected chi connectivity index (χ0v) is 16.4. The normalized spacial score (nSPS) is 16.5. The Balaban J connectivity index is 1.90. The molecule has 0 spiro atoms. The largest absolute Gasteiger partial charge is 0.503 e. The zero-order chi connectivity index (χ0) is 20.7. The molecule has 1 aliphatic heterocycles. The van der Waals surface area contributed by atoms with Gasteiger partial charge < -0.3 is 5.11 Å². The third-order valence-electron chi connectivity index (χ3n) is 4.32. The fourth-order valence-electron chi connectivity index (χ4n) is 3.08. The lowest BCUT2D eigenvalue weighted by atomic mass is 9.95. The minimum atomic E-state index is -1.07. The molecule has 0 aliphatic carbocycles. The van der Waals surface area contributed by atoms with Gasteiger partial charge in [-0.1, -0.05) is 29.5 Å². The zero-order valence-electron chi connectivity index (χ0n) is 14.8. The Morgan fingerprint density at radius 3 is 2.69 bits per heavy atom. The number of aliphatic hydroxyl groups excluding tert-OH is 1. The number of aryl methyl sites for hydroxylation is 1. The summed E-state index contributed by atoms with van der Waals surface area (Å²) in [6.07, 6.45) is 0. The molecule has 29 heavy (non-hydrogen) atoms. The van der Waals surface area contributed by atoms with Gasteiger partial charge in [0.25, 0.3) is 11.6 Å². The van der Waals surface area contributed by atoms with Gasteiger partial charge in [-0.05, 0) is 23.9 Å². The molecule has 0 bridgehead atoms. The number of amides is 1. The number of carbonyl (C=O) groups is 2. The molecule has 0 saturated carbocycles. The van der Waals surface area contributed by atoms with Gasteiger partial charge in [0.1, 0.15) is 5.01 Å². The second-order valence-electron chi connectivity index (χ2n) is 6.10. The Labute approximate surface area is 171 Å². The molecule has 3 aromatic rings. The van der Waals surface area contributed by atoms with Gasteiger partial charge >= 0.3 is 0 Å². The first-order chi connectivity index (χ1) is 13.9. The molecule has 2 aromatic heterocycles. The Morgan fingerprint density at radius 2 is 2.07 bits per heavy atom. The smallest absolute Gasteiger partial charge is 0.296 e. The summed E-state index contributed by atoms with van der Waals surface area (Å²) in [6, 6.07) is 7.81. The number of aromatic nitrogens is 2. The van der Waals surface area contributed by atoms with Gasteiger partial charge in [-0.25, -0.2) is 0 Å². The summed E-state index contributed by atoms with van der Waals surface area (Å²) >= 11 is 2.28. The molecule has 1 unspecified atom stereocenters. The first-order valence-electron chi connectivity index (χ1n) is 8.28. The molecule has 1 N–H and O–H groups in total. The number of non-ortho nitro benzene ring substituents is 1. The highest BCUT2D eigenvalue weighted by atomic mass is 32.1. The molecule has 1 aliphatic rings. The highest BCUT2D eigenvalue weighted by molar-refractivity contribution is 7.15. The van der Waals surface area contributed by atoms with Gasteiger partial charge in [-0.2, -0.15) is 0 Å². The van der Waals surface area contributed by atoms with Crippen LogP contribution >= 0.6 is 22.7 Å². The summed E-state index contributed by atoms with van der Waals surface area (Å²) in [5.74, 6) is -2.03. The summed E-state index contributed by atoms with van der Waals surface area (Å²) in [6.45, 7) is 1.70. The summed E-state index contributed by atoms with van der Waals surface area (Å²) in [5, 5.41) is 32.1. The third-order valence-corrected chi connectivity index (χ3v) is 6.02. The number of nitro groups is 1. The molecule has 3 heterocycles. The van der Waals surface area contributed by atoms with Crippen molar-refractivity contribution in [3.05, 3.63) is 78.7 Å². The molecule has 1 aromatic carbocycles. The van der Waals surface area contributed by atoms with E-state index >= 15 is 0 Å². The predicted molar refractivity (Wildman–Crippen MR) is 106 cm³/mol. The SMILES string of the molecule is Cc1nnc(N2C(=O)C(O)=C(C(=O)c3cccs3)C2c2cccc([N+](=O)[O-])c2)s1. The summed E-state index contributed by atoms with van der Waals surface area (Å²) < 4.78 is 0. The maximum Gasteiger partial charge on any atom is 0.296 e. The maximum absolute atomic E-state index is 13.1. The predicted octanol–water partition coefficient (Wildman–Crippen LogP) is 3.60. The number of Topliss-reactive ketones (excluding diaryl/α,β-unsaturated/α-hetero) is 1. The standard InChI is InChI=1S/C18H12N4O5S2/c1-9-19-20-18(29-9)21-14(10-4-2-5-11(8-10)22(26)27)13(16(24)17(21)25)15(23)12-6-3-7-28-12/h2-8,14,24H,1H3. The maximum atomic E-state index is 13.1. The molecular formula is C18H12N4O5S2. The van der Waals surface area contributed by atoms with Gasteiger partial charge in [0.05, 0.1) is 21.4 Å². The Bertz CT molecular complexity index is 1170. The first-order valence-corrected chi connectivity index (χ1v) is 9.97. The fraction of sp³-hybridized carbons (Fsp3) is 0.111. The van der Waals surface area contributed by atoms with Crippen LogP contribution in [0.2, 0.25) is 0 Å². The van der Waals surface area contributed by atoms with E-state index in [1.54, 1.807) is 30.5 Å². The number of benzene rings is 1. The molecule has 4 rings (SSSR count). The van der Waals surface area contributed by atoms with Crippen molar-refractivity contribution in [1.82, 2.24) is 10.2 Å². The van der Waals surface area contributed by atoms with Gasteiger partial charge in [0.2, 0.25) is 10.9 Å². The second kappa shape index (κ2) is 7.18. The number of anilines is 1. The Kier molecular flexibility index (Phi) is 4.68. The fourth-order valence-corrected chi connectivity index (χ4v) is 4.47. The summed E-state index contributed by atoms with van der Waals surface area (Å²) in [4.78, 5) is 38.1. The van der Waals surface area contributed by atoms with E-state index in [4.69, 9.17) is 0 Å². The molecule has 146 valence electrons. The van der Waals surface area contributed by atoms with E-state index in [-0.39, 0.29) is 16.4 Å². The number of rotatable bonds is 5. The number of hydrogen-bond acceptors (Lipinski definition) is 9. The lowest BCUT2D eigenvalue weighted by Crippen LogP contribution is -2.31. The number of ketones is 1. The van der Waals surface area contributed by atoms with Gasteiger partial charge in [-0.15, -0.1) is 21.5 Å². The van der Waals surface area contributed by atoms with Crippen molar-refractivity contribution in [3.63, 3.8) is 0 Å². The summed E-state index contributed by atoms with van der Waals surface area (Å²) in [7, 11) is 0. The van der Waals surface area contributed by atoms with Crippen molar-refractivity contribution in [1.29, 1.82) is 0 Å². The van der Waals surface area contributed by atoms with E-state index in [0.717, 1.165) is 16.2 Å². The van der Waals surface area contributed by atoms with Crippen molar-refractivity contribution in [2.75, 3.05) is 4.90 Å². The summed E-state index contributed by atoms with van der Waals surface area (Å²) in [5.41, 5.74) is -0.0344. The molecule has 1 atom stereocenters. The average molecular weight is 428 g/mol. The number of aliphatic hydroxyl groups is 1. The van der Waals surface area contributed by atoms with Crippen LogP contribution in [0, 0.1) is 17.0 Å². The highest BCUT2D eigenvalue weighted by Gasteiger charge is 2.46. The number of hydrogen-bond donors (Lipinski definition) is 1. The Hall–Kier alpha value is -3.44. The number of carbonyl (C=O) groups excluding carboxylic acids is 2. The van der Waals surface area contributed by atoms with Crippen LogP contribution in [0.1, 0.15) is 26.3 Å². The minimum absolute atomic E-state index is 0.147. The van der Waals surface area contributed by atoms with Crippen molar-refractivity contribution >= 4 is 45.2 Å². The van der Waals surface area contributed by atoms with Crippen LogP contribution in [-0.4, -0.2) is 31.9 Å². The molecule has 0 fully saturated rings. The van der Waals surface area contributed by atoms with E-state index in [9.17, 15) is 24.8 Å². The lowest BCUT2D eigenvalue weighted by molar-refractivity contribution is -0.384. The number of nitrogens with zero attached hydrogens (tertiary/aromatic N) is 4. The molecule has 1 amide bonds. The first kappa shape index (κ1) is 18.9. The molecule has 9 nitrogen and oxygen atoms in total. The van der Waals surface area contributed by atoms with Gasteiger partial charge in [0.15, 0.2) is 5.76 Å². The lowest BCUT2D eigenvalue weighted by Gasteiger charge is -2.23. The van der Waals surface area contributed by atoms with E-state index in [1.807, 2.05) is 0 Å². The van der Waals surface area contributed by atoms with Crippen molar-refractivity contribution in [2.24, 2.45) is 0 Å². The quantitative estimate of drug-likeness (QED) is 0.374. The molecular weight excluding hydrogens is 416 g/mol. The third kappa shape index (κ3) is 3.19. The van der Waals surface area contributed by atoms with Gasteiger partial charge in [0, 0.05) is 12.1 Å². The topological polar surface area (TPSA) is 127 Å². The van der Waals surface area contributed by atoms with Crippen LogP contribution in [0.25, 0.3) is 0 Å². The average Bonchev–Trinajstić information content (AvgIpc) is 3.43.